The van der Waals surface area contributed by atoms with Crippen LogP contribution in [0.25, 0.3) is 0 Å². The van der Waals surface area contributed by atoms with E-state index in [1.165, 1.54) is 0 Å². The zero-order valence-electron chi connectivity index (χ0n) is 13.1. The summed E-state index contributed by atoms with van der Waals surface area (Å²) in [7, 11) is 0. The molecule has 0 atom stereocenters. The van der Waals surface area contributed by atoms with Crippen molar-refractivity contribution in [3.63, 3.8) is 0 Å². The monoisotopic (exact) mass is 316 g/mol. The molecule has 0 aliphatic carbocycles. The van der Waals surface area contributed by atoms with Crippen molar-refractivity contribution in [1.29, 1.82) is 0 Å². The van der Waals surface area contributed by atoms with E-state index in [1.807, 2.05) is 47.4 Å². The van der Waals surface area contributed by atoms with Gasteiger partial charge < -0.3 is 31.9 Å². The molecule has 124 valence electrons. The molecule has 7 N–H and O–H groups in total. The van der Waals surface area contributed by atoms with Crippen LogP contribution in [0, 0.1) is 0 Å². The molecule has 0 aliphatic heterocycles. The molecule has 0 amide bonds. The predicted octanol–water partition coefficient (Wildman–Crippen LogP) is 1.25. The highest BCUT2D eigenvalue weighted by Gasteiger charge is 2.08. The van der Waals surface area contributed by atoms with Crippen LogP contribution < -0.4 is 21.7 Å². The van der Waals surface area contributed by atoms with Gasteiger partial charge in [-0.1, -0.05) is 12.1 Å². The highest BCUT2D eigenvalue weighted by atomic mass is 16.3. The first-order valence-corrected chi connectivity index (χ1v) is 7.59. The molecule has 0 fully saturated rings. The van der Waals surface area contributed by atoms with Crippen LogP contribution in [-0.2, 0) is 6.54 Å². The molecule has 0 radical (unpaired) electrons. The standard InChI is InChI=1S/C17H24N4O2/c18-15-6-5-14(21(7-9-22)8-10-23)11-13(15)12-20-17-4-2-1-3-16(17)19/h1-6,11,20,22-23H,7-10,12,18-19H2. The Morgan fingerprint density at radius 3 is 2.26 bits per heavy atom. The van der Waals surface area contributed by atoms with Gasteiger partial charge in [-0.25, -0.2) is 0 Å². The number of nitrogen functional groups attached to an aromatic ring is 2. The lowest BCUT2D eigenvalue weighted by Gasteiger charge is -2.24. The molecule has 6 nitrogen and oxygen atoms in total. The summed E-state index contributed by atoms with van der Waals surface area (Å²) in [6.07, 6.45) is 0. The van der Waals surface area contributed by atoms with Crippen molar-refractivity contribution in [2.45, 2.75) is 6.54 Å². The number of rotatable bonds is 8. The number of para-hydroxylation sites is 2. The molecule has 0 saturated heterocycles. The van der Waals surface area contributed by atoms with E-state index < -0.39 is 0 Å². The summed E-state index contributed by atoms with van der Waals surface area (Å²) >= 11 is 0. The highest BCUT2D eigenvalue weighted by Crippen LogP contribution is 2.24. The summed E-state index contributed by atoms with van der Waals surface area (Å²) in [5.41, 5.74) is 16.1. The molecule has 0 aliphatic rings. The Labute approximate surface area is 136 Å². The average Bonchev–Trinajstić information content (AvgIpc) is 2.55. The third kappa shape index (κ3) is 4.51. The van der Waals surface area contributed by atoms with Crippen molar-refractivity contribution in [2.75, 3.05) is 48.0 Å². The highest BCUT2D eigenvalue weighted by molar-refractivity contribution is 5.67. The predicted molar refractivity (Wildman–Crippen MR) is 95.4 cm³/mol. The van der Waals surface area contributed by atoms with E-state index in [4.69, 9.17) is 21.7 Å². The molecule has 0 heterocycles. The fourth-order valence-electron chi connectivity index (χ4n) is 2.40. The maximum atomic E-state index is 9.16. The molecule has 2 aromatic rings. The summed E-state index contributed by atoms with van der Waals surface area (Å²) in [5, 5.41) is 21.6. The maximum absolute atomic E-state index is 9.16. The molecule has 0 saturated carbocycles. The van der Waals surface area contributed by atoms with E-state index >= 15 is 0 Å². The van der Waals surface area contributed by atoms with Gasteiger partial charge in [-0.2, -0.15) is 0 Å². The van der Waals surface area contributed by atoms with E-state index in [0.717, 1.165) is 16.9 Å². The van der Waals surface area contributed by atoms with Crippen molar-refractivity contribution in [1.82, 2.24) is 0 Å². The first-order chi connectivity index (χ1) is 11.2. The van der Waals surface area contributed by atoms with Crippen LogP contribution in [0.2, 0.25) is 0 Å². The number of hydrogen-bond donors (Lipinski definition) is 5. The number of anilines is 4. The van der Waals surface area contributed by atoms with Crippen LogP contribution in [0.1, 0.15) is 5.56 Å². The minimum Gasteiger partial charge on any atom is -0.398 e. The Hall–Kier alpha value is -2.44. The zero-order chi connectivity index (χ0) is 16.7. The Balaban J connectivity index is 2.15. The van der Waals surface area contributed by atoms with E-state index in [2.05, 4.69) is 5.32 Å². The molecular formula is C17H24N4O2. The van der Waals surface area contributed by atoms with Crippen LogP contribution >= 0.6 is 0 Å². The smallest absolute Gasteiger partial charge is 0.0606 e. The van der Waals surface area contributed by atoms with Crippen LogP contribution in [0.4, 0.5) is 22.7 Å². The number of aliphatic hydroxyl groups excluding tert-OH is 2. The van der Waals surface area contributed by atoms with Gasteiger partial charge in [-0.05, 0) is 35.9 Å². The minimum atomic E-state index is 0.0263. The largest absolute Gasteiger partial charge is 0.398 e. The summed E-state index contributed by atoms with van der Waals surface area (Å²) in [4.78, 5) is 1.92. The number of aliphatic hydroxyl groups is 2. The Morgan fingerprint density at radius 1 is 0.913 bits per heavy atom. The van der Waals surface area contributed by atoms with Gasteiger partial charge in [0.05, 0.1) is 24.6 Å². The van der Waals surface area contributed by atoms with Crippen LogP contribution in [0.5, 0.6) is 0 Å². The third-order valence-corrected chi connectivity index (χ3v) is 3.66. The first-order valence-electron chi connectivity index (χ1n) is 7.59. The molecule has 2 aromatic carbocycles. The second kappa shape index (κ2) is 8.26. The SMILES string of the molecule is Nc1ccc(N(CCO)CCO)cc1CNc1ccccc1N. The summed E-state index contributed by atoms with van der Waals surface area (Å²) in [6, 6.07) is 13.3. The topological polar surface area (TPSA) is 108 Å². The Kier molecular flexibility index (Phi) is 6.08. The van der Waals surface area contributed by atoms with Gasteiger partial charge in [0, 0.05) is 31.0 Å². The van der Waals surface area contributed by atoms with E-state index in [-0.39, 0.29) is 13.2 Å². The summed E-state index contributed by atoms with van der Waals surface area (Å²) in [6.45, 7) is 1.52. The normalized spacial score (nSPS) is 10.5. The molecule has 0 unspecified atom stereocenters. The number of nitrogens with zero attached hydrogens (tertiary/aromatic N) is 1. The van der Waals surface area contributed by atoms with Gasteiger partial charge in [0.2, 0.25) is 0 Å². The minimum absolute atomic E-state index is 0.0263. The lowest BCUT2D eigenvalue weighted by molar-refractivity contribution is 0.281. The second-order valence-corrected chi connectivity index (χ2v) is 5.26. The van der Waals surface area contributed by atoms with Crippen molar-refractivity contribution >= 4 is 22.7 Å². The first kappa shape index (κ1) is 16.9. The van der Waals surface area contributed by atoms with Crippen molar-refractivity contribution in [2.24, 2.45) is 0 Å². The van der Waals surface area contributed by atoms with Gasteiger partial charge in [0.15, 0.2) is 0 Å². The second-order valence-electron chi connectivity index (χ2n) is 5.26. The van der Waals surface area contributed by atoms with Crippen molar-refractivity contribution in [3.8, 4) is 0 Å². The van der Waals surface area contributed by atoms with E-state index in [0.29, 0.717) is 31.0 Å². The lowest BCUT2D eigenvalue weighted by atomic mass is 10.1. The van der Waals surface area contributed by atoms with Gasteiger partial charge >= 0.3 is 0 Å². The molecular weight excluding hydrogens is 292 g/mol. The van der Waals surface area contributed by atoms with Gasteiger partial charge in [0.25, 0.3) is 0 Å². The maximum Gasteiger partial charge on any atom is 0.0606 e. The lowest BCUT2D eigenvalue weighted by Crippen LogP contribution is -2.29. The molecule has 0 bridgehead atoms. The number of hydrogen-bond acceptors (Lipinski definition) is 6. The molecule has 0 aromatic heterocycles. The summed E-state index contributed by atoms with van der Waals surface area (Å²) < 4.78 is 0. The van der Waals surface area contributed by atoms with Crippen LogP contribution in [-0.4, -0.2) is 36.5 Å². The third-order valence-electron chi connectivity index (χ3n) is 3.66. The average molecular weight is 316 g/mol. The fraction of sp³-hybridized carbons (Fsp3) is 0.294. The van der Waals surface area contributed by atoms with E-state index in [1.54, 1.807) is 0 Å². The quantitative estimate of drug-likeness (QED) is 0.469. The Bertz CT molecular complexity index is 628. The number of nitrogens with two attached hydrogens (primary N) is 2. The zero-order valence-corrected chi connectivity index (χ0v) is 13.1. The van der Waals surface area contributed by atoms with Gasteiger partial charge in [-0.3, -0.25) is 0 Å². The van der Waals surface area contributed by atoms with Crippen molar-refractivity contribution in [3.05, 3.63) is 48.0 Å². The molecule has 0 spiro atoms. The number of benzene rings is 2. The van der Waals surface area contributed by atoms with Crippen molar-refractivity contribution < 1.29 is 10.2 Å². The number of nitrogens with one attached hydrogen (secondary N) is 1. The van der Waals surface area contributed by atoms with Crippen LogP contribution in [0.3, 0.4) is 0 Å². The Morgan fingerprint density at radius 2 is 1.61 bits per heavy atom. The van der Waals surface area contributed by atoms with E-state index in [9.17, 15) is 0 Å². The fourth-order valence-corrected chi connectivity index (χ4v) is 2.40. The van der Waals surface area contributed by atoms with Gasteiger partial charge in [0.1, 0.15) is 0 Å². The molecule has 2 rings (SSSR count). The van der Waals surface area contributed by atoms with Crippen LogP contribution in [0.15, 0.2) is 42.5 Å². The molecule has 6 heteroatoms. The molecule has 23 heavy (non-hydrogen) atoms. The van der Waals surface area contributed by atoms with Gasteiger partial charge in [-0.15, -0.1) is 0 Å². The summed E-state index contributed by atoms with van der Waals surface area (Å²) in [5.74, 6) is 0.